The Labute approximate surface area is 74.8 Å². The number of rotatable bonds is 4. The fraction of sp³-hybridized carbons (Fsp3) is 0.571. The molecule has 0 atom stereocenters. The fourth-order valence-electron chi connectivity index (χ4n) is 0.942. The molecule has 12 heavy (non-hydrogen) atoms. The van der Waals surface area contributed by atoms with Crippen molar-refractivity contribution in [3.63, 3.8) is 0 Å². The van der Waals surface area contributed by atoms with Crippen molar-refractivity contribution in [1.29, 1.82) is 0 Å². The zero-order valence-corrected chi connectivity index (χ0v) is 7.75. The monoisotopic (exact) mass is 189 g/mol. The lowest BCUT2D eigenvalue weighted by Gasteiger charge is -1.96. The summed E-state index contributed by atoms with van der Waals surface area (Å²) in [5.41, 5.74) is 5.94. The second-order valence-electron chi connectivity index (χ2n) is 2.41. The van der Waals surface area contributed by atoms with E-state index >= 15 is 0 Å². The average molecular weight is 189 g/mol. The number of nitrogens with two attached hydrogens (primary N) is 1. The standard InChI is InChI=1S/C7H12FN3S/c1-10-3-2-6-5(4-8)11-7(9)12-6/h10H,2-4H2,1H3,(H2,9,11). The maximum absolute atomic E-state index is 12.3. The maximum Gasteiger partial charge on any atom is 0.180 e. The first-order valence-corrected chi connectivity index (χ1v) is 4.54. The summed E-state index contributed by atoms with van der Waals surface area (Å²) >= 11 is 1.37. The lowest BCUT2D eigenvalue weighted by Crippen LogP contribution is -2.10. The molecule has 1 heterocycles. The Balaban J connectivity index is 2.68. The molecule has 1 aromatic rings. The number of alkyl halides is 1. The number of hydrogen-bond acceptors (Lipinski definition) is 4. The molecule has 0 radical (unpaired) electrons. The summed E-state index contributed by atoms with van der Waals surface area (Å²) in [4.78, 5) is 4.82. The molecule has 0 bridgehead atoms. The molecule has 5 heteroatoms. The van der Waals surface area contributed by atoms with Crippen molar-refractivity contribution in [1.82, 2.24) is 10.3 Å². The number of hydrogen-bond donors (Lipinski definition) is 2. The number of nitrogens with zero attached hydrogens (tertiary/aromatic N) is 1. The van der Waals surface area contributed by atoms with Gasteiger partial charge in [0.1, 0.15) is 6.67 Å². The predicted octanol–water partition coefficient (Wildman–Crippen LogP) is 0.957. The summed E-state index contributed by atoms with van der Waals surface area (Å²) in [6.45, 7) is 0.307. The van der Waals surface area contributed by atoms with Crippen LogP contribution in [0.2, 0.25) is 0 Å². The van der Waals surface area contributed by atoms with E-state index < -0.39 is 6.67 Å². The Morgan fingerprint density at radius 2 is 2.42 bits per heavy atom. The number of nitrogen functional groups attached to an aromatic ring is 1. The summed E-state index contributed by atoms with van der Waals surface area (Å²) < 4.78 is 12.3. The van der Waals surface area contributed by atoms with E-state index in [9.17, 15) is 4.39 Å². The van der Waals surface area contributed by atoms with Crippen LogP contribution in [0.25, 0.3) is 0 Å². The smallest absolute Gasteiger partial charge is 0.180 e. The molecule has 0 aromatic carbocycles. The van der Waals surface area contributed by atoms with E-state index in [1.807, 2.05) is 7.05 Å². The van der Waals surface area contributed by atoms with E-state index in [2.05, 4.69) is 10.3 Å². The third-order valence-corrected chi connectivity index (χ3v) is 2.51. The van der Waals surface area contributed by atoms with Crippen molar-refractivity contribution < 1.29 is 4.39 Å². The molecule has 0 aliphatic heterocycles. The van der Waals surface area contributed by atoms with Crippen LogP contribution in [0, 0.1) is 0 Å². The number of anilines is 1. The molecule has 0 amide bonds. The van der Waals surface area contributed by atoms with Gasteiger partial charge in [-0.25, -0.2) is 9.37 Å². The Hall–Kier alpha value is -0.680. The highest BCUT2D eigenvalue weighted by molar-refractivity contribution is 7.15. The van der Waals surface area contributed by atoms with E-state index in [-0.39, 0.29) is 0 Å². The number of thiazole rings is 1. The second-order valence-corrected chi connectivity index (χ2v) is 3.52. The highest BCUT2D eigenvalue weighted by Crippen LogP contribution is 2.21. The zero-order valence-electron chi connectivity index (χ0n) is 6.93. The van der Waals surface area contributed by atoms with E-state index in [1.165, 1.54) is 11.3 Å². The predicted molar refractivity (Wildman–Crippen MR) is 49.0 cm³/mol. The number of aromatic nitrogens is 1. The van der Waals surface area contributed by atoms with Crippen molar-refractivity contribution in [2.24, 2.45) is 0 Å². The molecule has 3 nitrogen and oxygen atoms in total. The molecule has 0 saturated heterocycles. The molecule has 0 aliphatic carbocycles. The summed E-state index contributed by atoms with van der Waals surface area (Å²) in [6.07, 6.45) is 0.796. The van der Waals surface area contributed by atoms with Crippen LogP contribution in [-0.4, -0.2) is 18.6 Å². The first-order chi connectivity index (χ1) is 5.77. The fourth-order valence-corrected chi connectivity index (χ4v) is 1.77. The summed E-state index contributed by atoms with van der Waals surface area (Å²) in [5, 5.41) is 3.44. The van der Waals surface area contributed by atoms with Crippen LogP contribution in [0.5, 0.6) is 0 Å². The van der Waals surface area contributed by atoms with Gasteiger partial charge in [-0.2, -0.15) is 0 Å². The second kappa shape index (κ2) is 4.37. The molecular weight excluding hydrogens is 177 g/mol. The zero-order chi connectivity index (χ0) is 8.97. The first-order valence-electron chi connectivity index (χ1n) is 3.72. The number of nitrogens with one attached hydrogen (secondary N) is 1. The van der Waals surface area contributed by atoms with E-state index in [1.54, 1.807) is 0 Å². The minimum atomic E-state index is -0.521. The molecule has 1 rings (SSSR count). The molecule has 1 aromatic heterocycles. The van der Waals surface area contributed by atoms with Gasteiger partial charge in [0.2, 0.25) is 0 Å². The molecule has 0 saturated carbocycles. The highest BCUT2D eigenvalue weighted by Gasteiger charge is 2.07. The topological polar surface area (TPSA) is 50.9 Å². The highest BCUT2D eigenvalue weighted by atomic mass is 32.1. The molecule has 68 valence electrons. The maximum atomic E-state index is 12.3. The van der Waals surface area contributed by atoms with Gasteiger partial charge < -0.3 is 11.1 Å². The van der Waals surface area contributed by atoms with Crippen molar-refractivity contribution in [3.05, 3.63) is 10.6 Å². The average Bonchev–Trinajstić information content (AvgIpc) is 2.42. The number of halogens is 1. The summed E-state index contributed by atoms with van der Waals surface area (Å²) in [5.74, 6) is 0. The Kier molecular flexibility index (Phi) is 3.43. The van der Waals surface area contributed by atoms with Gasteiger partial charge in [-0.3, -0.25) is 0 Å². The quantitative estimate of drug-likeness (QED) is 0.741. The van der Waals surface area contributed by atoms with E-state index in [4.69, 9.17) is 5.73 Å². The molecular formula is C7H12FN3S. The Morgan fingerprint density at radius 3 is 3.00 bits per heavy atom. The van der Waals surface area contributed by atoms with Crippen molar-refractivity contribution in [3.8, 4) is 0 Å². The van der Waals surface area contributed by atoms with Crippen LogP contribution < -0.4 is 11.1 Å². The lowest BCUT2D eigenvalue weighted by atomic mass is 10.3. The van der Waals surface area contributed by atoms with E-state index in [0.29, 0.717) is 10.8 Å². The van der Waals surface area contributed by atoms with Gasteiger partial charge >= 0.3 is 0 Å². The van der Waals surface area contributed by atoms with Crippen LogP contribution in [0.1, 0.15) is 10.6 Å². The van der Waals surface area contributed by atoms with Gasteiger partial charge in [0.05, 0.1) is 5.69 Å². The van der Waals surface area contributed by atoms with Gasteiger partial charge in [-0.15, -0.1) is 11.3 Å². The molecule has 0 unspecified atom stereocenters. The summed E-state index contributed by atoms with van der Waals surface area (Å²) in [6, 6.07) is 0. The van der Waals surface area contributed by atoms with Crippen LogP contribution in [-0.2, 0) is 13.1 Å². The SMILES string of the molecule is CNCCc1sc(N)nc1CF. The van der Waals surface area contributed by atoms with Crippen LogP contribution >= 0.6 is 11.3 Å². The third kappa shape index (κ3) is 2.15. The third-order valence-electron chi connectivity index (χ3n) is 1.52. The van der Waals surface area contributed by atoms with Gasteiger partial charge in [0.15, 0.2) is 5.13 Å². The summed E-state index contributed by atoms with van der Waals surface area (Å²) in [7, 11) is 1.86. The van der Waals surface area contributed by atoms with Crippen LogP contribution in [0.4, 0.5) is 9.52 Å². The first kappa shape index (κ1) is 9.41. The molecule has 0 aliphatic rings. The van der Waals surface area contributed by atoms with Crippen LogP contribution in [0.15, 0.2) is 0 Å². The van der Waals surface area contributed by atoms with Gasteiger partial charge in [-0.05, 0) is 20.0 Å². The van der Waals surface area contributed by atoms with Gasteiger partial charge in [0.25, 0.3) is 0 Å². The van der Waals surface area contributed by atoms with Gasteiger partial charge in [0, 0.05) is 4.88 Å². The number of likely N-dealkylation sites (N-methyl/N-ethyl adjacent to an activating group) is 1. The van der Waals surface area contributed by atoms with Crippen LogP contribution in [0.3, 0.4) is 0 Å². The minimum absolute atomic E-state index is 0.453. The minimum Gasteiger partial charge on any atom is -0.375 e. The van der Waals surface area contributed by atoms with Gasteiger partial charge in [-0.1, -0.05) is 0 Å². The lowest BCUT2D eigenvalue weighted by molar-refractivity contribution is 0.475. The van der Waals surface area contributed by atoms with E-state index in [0.717, 1.165) is 17.8 Å². The Morgan fingerprint density at radius 1 is 1.67 bits per heavy atom. The molecule has 0 fully saturated rings. The molecule has 0 spiro atoms. The largest absolute Gasteiger partial charge is 0.375 e. The van der Waals surface area contributed by atoms with Crippen molar-refractivity contribution >= 4 is 16.5 Å². The van der Waals surface area contributed by atoms with Crippen molar-refractivity contribution in [2.45, 2.75) is 13.1 Å². The van der Waals surface area contributed by atoms with Crippen molar-refractivity contribution in [2.75, 3.05) is 19.3 Å². The molecule has 3 N–H and O–H groups in total. The normalized spacial score (nSPS) is 10.5. The Bertz CT molecular complexity index is 249.